The van der Waals surface area contributed by atoms with Gasteiger partial charge in [0.1, 0.15) is 0 Å². The van der Waals surface area contributed by atoms with E-state index in [0.717, 1.165) is 0 Å². The molecule has 0 fully saturated rings. The van der Waals surface area contributed by atoms with Gasteiger partial charge in [-0.15, -0.1) is 0 Å². The van der Waals surface area contributed by atoms with Gasteiger partial charge in [-0.3, -0.25) is 0 Å². The minimum absolute atomic E-state index is 0.112. The van der Waals surface area contributed by atoms with Gasteiger partial charge in [0.25, 0.3) is 0 Å². The smallest absolute Gasteiger partial charge is 0.215 e. The van der Waals surface area contributed by atoms with Gasteiger partial charge in [-0.05, 0) is 11.5 Å². The number of benzene rings is 1. The predicted molar refractivity (Wildman–Crippen MR) is 60.6 cm³/mol. The SMILES string of the molecule is COOC=N[C@H](c1ccccc1)C(C)C. The molecule has 82 valence electrons. The molecule has 1 atom stereocenters. The molecule has 1 aromatic carbocycles. The Morgan fingerprint density at radius 1 is 1.20 bits per heavy atom. The van der Waals surface area contributed by atoms with Crippen molar-refractivity contribution in [3.63, 3.8) is 0 Å². The molecule has 0 radical (unpaired) electrons. The number of hydrogen-bond donors (Lipinski definition) is 0. The number of aliphatic imine (C=N–C) groups is 1. The molecule has 1 rings (SSSR count). The van der Waals surface area contributed by atoms with Crippen molar-refractivity contribution in [2.24, 2.45) is 10.9 Å². The molecule has 0 amide bonds. The molecule has 0 N–H and O–H groups in total. The summed E-state index contributed by atoms with van der Waals surface area (Å²) in [5, 5.41) is 0. The van der Waals surface area contributed by atoms with Crippen molar-refractivity contribution in [1.82, 2.24) is 0 Å². The summed E-state index contributed by atoms with van der Waals surface area (Å²) in [7, 11) is 1.46. The Morgan fingerprint density at radius 2 is 1.87 bits per heavy atom. The summed E-state index contributed by atoms with van der Waals surface area (Å²) in [5.41, 5.74) is 1.18. The van der Waals surface area contributed by atoms with Crippen LogP contribution >= 0.6 is 0 Å². The van der Waals surface area contributed by atoms with Crippen LogP contribution in [0.5, 0.6) is 0 Å². The highest BCUT2D eigenvalue weighted by Gasteiger charge is 2.13. The first kappa shape index (κ1) is 11.7. The third-order valence-corrected chi connectivity index (χ3v) is 2.13. The zero-order valence-corrected chi connectivity index (χ0v) is 9.38. The third kappa shape index (κ3) is 3.72. The first-order valence-electron chi connectivity index (χ1n) is 5.01. The van der Waals surface area contributed by atoms with Crippen LogP contribution in [0.3, 0.4) is 0 Å². The lowest BCUT2D eigenvalue weighted by Gasteiger charge is -2.15. The van der Waals surface area contributed by atoms with Crippen LogP contribution in [0.2, 0.25) is 0 Å². The molecule has 0 aliphatic carbocycles. The second kappa shape index (κ2) is 6.19. The summed E-state index contributed by atoms with van der Waals surface area (Å²) < 4.78 is 0. The maximum Gasteiger partial charge on any atom is 0.215 e. The van der Waals surface area contributed by atoms with Crippen LogP contribution in [0.4, 0.5) is 0 Å². The van der Waals surface area contributed by atoms with Crippen LogP contribution in [0.25, 0.3) is 0 Å². The summed E-state index contributed by atoms with van der Waals surface area (Å²) in [6, 6.07) is 10.3. The highest BCUT2D eigenvalue weighted by atomic mass is 17.2. The summed E-state index contributed by atoms with van der Waals surface area (Å²) in [6.07, 6.45) is 1.34. The van der Waals surface area contributed by atoms with Crippen LogP contribution in [-0.2, 0) is 9.78 Å². The normalized spacial score (nSPS) is 13.3. The zero-order chi connectivity index (χ0) is 11.1. The number of nitrogens with zero attached hydrogens (tertiary/aromatic N) is 1. The Kier molecular flexibility index (Phi) is 4.84. The molecule has 3 heteroatoms. The van der Waals surface area contributed by atoms with E-state index in [1.165, 1.54) is 19.1 Å². The molecule has 0 heterocycles. The van der Waals surface area contributed by atoms with Gasteiger partial charge in [-0.1, -0.05) is 44.2 Å². The van der Waals surface area contributed by atoms with Crippen molar-refractivity contribution in [3.8, 4) is 0 Å². The summed E-state index contributed by atoms with van der Waals surface area (Å²) in [6.45, 7) is 4.25. The molecule has 15 heavy (non-hydrogen) atoms. The van der Waals surface area contributed by atoms with Crippen molar-refractivity contribution >= 4 is 6.40 Å². The summed E-state index contributed by atoms with van der Waals surface area (Å²) in [5.74, 6) is 0.420. The average Bonchev–Trinajstić information content (AvgIpc) is 2.25. The standard InChI is InChI=1S/C12H17NO2/c1-10(2)12(13-9-15-14-3)11-7-5-4-6-8-11/h4-10,12H,1-3H3/t12-/m0/s1. The van der Waals surface area contributed by atoms with Crippen LogP contribution in [0.1, 0.15) is 25.5 Å². The van der Waals surface area contributed by atoms with Crippen molar-refractivity contribution < 1.29 is 9.78 Å². The molecule has 0 aliphatic rings. The lowest BCUT2D eigenvalue weighted by Crippen LogP contribution is -2.04. The quantitative estimate of drug-likeness (QED) is 0.321. The molecule has 3 nitrogen and oxygen atoms in total. The summed E-state index contributed by atoms with van der Waals surface area (Å²) in [4.78, 5) is 13.4. The molecule has 0 unspecified atom stereocenters. The maximum atomic E-state index is 4.64. The molecular formula is C12H17NO2. The summed E-state index contributed by atoms with van der Waals surface area (Å²) >= 11 is 0. The maximum absolute atomic E-state index is 4.64. The Bertz CT molecular complexity index is 296. The van der Waals surface area contributed by atoms with Crippen molar-refractivity contribution in [2.45, 2.75) is 19.9 Å². The number of rotatable bonds is 5. The minimum atomic E-state index is 0.112. The number of hydrogen-bond acceptors (Lipinski definition) is 3. The van der Waals surface area contributed by atoms with E-state index in [1.54, 1.807) is 0 Å². The van der Waals surface area contributed by atoms with Crippen molar-refractivity contribution in [1.29, 1.82) is 0 Å². The van der Waals surface area contributed by atoms with Crippen molar-refractivity contribution in [2.75, 3.05) is 7.11 Å². The van der Waals surface area contributed by atoms with Crippen LogP contribution in [-0.4, -0.2) is 13.5 Å². The van der Waals surface area contributed by atoms with Gasteiger partial charge >= 0.3 is 0 Å². The Labute approximate surface area is 90.7 Å². The van der Waals surface area contributed by atoms with E-state index in [4.69, 9.17) is 0 Å². The molecule has 0 bridgehead atoms. The van der Waals surface area contributed by atoms with E-state index in [2.05, 4.69) is 40.7 Å². The van der Waals surface area contributed by atoms with Gasteiger partial charge in [0.05, 0.1) is 13.2 Å². The van der Waals surface area contributed by atoms with Gasteiger partial charge in [0, 0.05) is 0 Å². The second-order valence-corrected chi connectivity index (χ2v) is 3.62. The Balaban J connectivity index is 2.75. The first-order valence-corrected chi connectivity index (χ1v) is 5.01. The first-order chi connectivity index (χ1) is 7.25. The van der Waals surface area contributed by atoms with E-state index in [-0.39, 0.29) is 6.04 Å². The van der Waals surface area contributed by atoms with Gasteiger partial charge in [-0.2, -0.15) is 4.89 Å². The molecule has 0 aliphatic heterocycles. The fourth-order valence-corrected chi connectivity index (χ4v) is 1.43. The van der Waals surface area contributed by atoms with Crippen LogP contribution in [0, 0.1) is 5.92 Å². The lowest BCUT2D eigenvalue weighted by atomic mass is 9.97. The van der Waals surface area contributed by atoms with E-state index < -0.39 is 0 Å². The van der Waals surface area contributed by atoms with E-state index in [1.807, 2.05) is 18.2 Å². The van der Waals surface area contributed by atoms with E-state index in [0.29, 0.717) is 5.92 Å². The molecule has 1 aromatic rings. The topological polar surface area (TPSA) is 30.8 Å². The molecule has 0 spiro atoms. The molecule has 0 saturated carbocycles. The Morgan fingerprint density at radius 3 is 2.40 bits per heavy atom. The molecule has 0 aromatic heterocycles. The van der Waals surface area contributed by atoms with Crippen molar-refractivity contribution in [3.05, 3.63) is 35.9 Å². The fourth-order valence-electron chi connectivity index (χ4n) is 1.43. The Hall–Kier alpha value is -1.35. The largest absolute Gasteiger partial charge is 0.326 e. The fraction of sp³-hybridized carbons (Fsp3) is 0.417. The van der Waals surface area contributed by atoms with Crippen LogP contribution < -0.4 is 0 Å². The third-order valence-electron chi connectivity index (χ3n) is 2.13. The highest BCUT2D eigenvalue weighted by Crippen LogP contribution is 2.24. The monoisotopic (exact) mass is 207 g/mol. The second-order valence-electron chi connectivity index (χ2n) is 3.62. The van der Waals surface area contributed by atoms with Gasteiger partial charge in [-0.25, -0.2) is 4.99 Å². The minimum Gasteiger partial charge on any atom is -0.326 e. The van der Waals surface area contributed by atoms with Crippen LogP contribution in [0.15, 0.2) is 35.3 Å². The molecular weight excluding hydrogens is 190 g/mol. The predicted octanol–water partition coefficient (Wildman–Crippen LogP) is 2.99. The van der Waals surface area contributed by atoms with Gasteiger partial charge in [0.15, 0.2) is 0 Å². The van der Waals surface area contributed by atoms with Gasteiger partial charge < -0.3 is 4.89 Å². The molecule has 0 saturated heterocycles. The lowest BCUT2D eigenvalue weighted by molar-refractivity contribution is -0.188. The van der Waals surface area contributed by atoms with E-state index >= 15 is 0 Å². The zero-order valence-electron chi connectivity index (χ0n) is 9.38. The van der Waals surface area contributed by atoms with E-state index in [9.17, 15) is 0 Å². The van der Waals surface area contributed by atoms with Gasteiger partial charge in [0.2, 0.25) is 6.40 Å². The average molecular weight is 207 g/mol. The highest BCUT2D eigenvalue weighted by molar-refractivity contribution is 5.46.